The van der Waals surface area contributed by atoms with Crippen LogP contribution in [0.15, 0.2) is 46.9 Å². The third-order valence-electron chi connectivity index (χ3n) is 3.51. The number of aromatic nitrogens is 1. The lowest BCUT2D eigenvalue weighted by Gasteiger charge is -2.07. The number of anilines is 1. The van der Waals surface area contributed by atoms with Crippen LogP contribution >= 0.6 is 0 Å². The van der Waals surface area contributed by atoms with E-state index in [2.05, 4.69) is 4.98 Å². The number of halogens is 3. The number of hydrogen-bond donors (Lipinski definition) is 1. The van der Waals surface area contributed by atoms with Crippen LogP contribution in [0.2, 0.25) is 0 Å². The van der Waals surface area contributed by atoms with Crippen molar-refractivity contribution in [1.29, 1.82) is 0 Å². The first kappa shape index (κ1) is 16.0. The summed E-state index contributed by atoms with van der Waals surface area (Å²) >= 11 is 0. The maximum absolute atomic E-state index is 12.3. The Labute approximate surface area is 135 Å². The predicted molar refractivity (Wildman–Crippen MR) is 83.5 cm³/mol. The van der Waals surface area contributed by atoms with Crippen LogP contribution in [0.4, 0.5) is 18.9 Å². The molecule has 0 radical (unpaired) electrons. The first-order chi connectivity index (χ1) is 11.4. The van der Waals surface area contributed by atoms with Gasteiger partial charge in [0.2, 0.25) is 5.89 Å². The average molecular weight is 334 g/mol. The molecule has 1 amide bonds. The highest BCUT2D eigenvalue weighted by atomic mass is 19.4. The van der Waals surface area contributed by atoms with Crippen molar-refractivity contribution in [2.45, 2.75) is 19.5 Å². The third-order valence-corrected chi connectivity index (χ3v) is 3.51. The highest BCUT2D eigenvalue weighted by Crippen LogP contribution is 2.27. The van der Waals surface area contributed by atoms with Crippen LogP contribution in [0.3, 0.4) is 0 Å². The van der Waals surface area contributed by atoms with E-state index in [9.17, 15) is 18.0 Å². The highest BCUT2D eigenvalue weighted by Gasteiger charge is 2.38. The van der Waals surface area contributed by atoms with Gasteiger partial charge in [0.15, 0.2) is 5.58 Å². The Morgan fingerprint density at radius 1 is 1.17 bits per heavy atom. The van der Waals surface area contributed by atoms with Crippen molar-refractivity contribution in [2.75, 3.05) is 5.32 Å². The van der Waals surface area contributed by atoms with Gasteiger partial charge in [0.1, 0.15) is 5.52 Å². The lowest BCUT2D eigenvalue weighted by molar-refractivity contribution is -0.167. The number of hydrogen-bond acceptors (Lipinski definition) is 3. The van der Waals surface area contributed by atoms with Crippen LogP contribution in [0.25, 0.3) is 22.6 Å². The molecule has 0 aliphatic carbocycles. The maximum Gasteiger partial charge on any atom is 0.471 e. The Kier molecular flexibility index (Phi) is 4.01. The topological polar surface area (TPSA) is 55.1 Å². The SMILES string of the molecule is CCc1ccc(-c2nc3ccc(NC(=O)C(F)(F)F)cc3o2)cc1. The third kappa shape index (κ3) is 3.24. The minimum Gasteiger partial charge on any atom is -0.436 e. The Morgan fingerprint density at radius 3 is 2.50 bits per heavy atom. The van der Waals surface area contributed by atoms with Gasteiger partial charge >= 0.3 is 12.1 Å². The molecule has 7 heteroatoms. The number of carbonyl (C=O) groups excluding carboxylic acids is 1. The van der Waals surface area contributed by atoms with Gasteiger partial charge in [-0.15, -0.1) is 0 Å². The van der Waals surface area contributed by atoms with Gasteiger partial charge in [0, 0.05) is 17.3 Å². The Balaban J connectivity index is 1.89. The Bertz CT molecular complexity index is 883. The second-order valence-electron chi connectivity index (χ2n) is 5.20. The molecule has 0 aliphatic heterocycles. The fourth-order valence-corrected chi connectivity index (χ4v) is 2.21. The summed E-state index contributed by atoms with van der Waals surface area (Å²) in [5, 5.41) is 1.79. The second kappa shape index (κ2) is 5.99. The highest BCUT2D eigenvalue weighted by molar-refractivity contribution is 5.96. The summed E-state index contributed by atoms with van der Waals surface area (Å²) in [5.74, 6) is -1.66. The number of rotatable bonds is 3. The molecular weight excluding hydrogens is 321 g/mol. The van der Waals surface area contributed by atoms with E-state index in [1.165, 1.54) is 23.8 Å². The summed E-state index contributed by atoms with van der Waals surface area (Å²) in [6.45, 7) is 2.05. The van der Waals surface area contributed by atoms with E-state index in [4.69, 9.17) is 4.42 Å². The largest absolute Gasteiger partial charge is 0.471 e. The molecule has 24 heavy (non-hydrogen) atoms. The van der Waals surface area contributed by atoms with E-state index < -0.39 is 12.1 Å². The van der Waals surface area contributed by atoms with Gasteiger partial charge in [-0.05, 0) is 36.2 Å². The van der Waals surface area contributed by atoms with E-state index in [-0.39, 0.29) is 5.69 Å². The summed E-state index contributed by atoms with van der Waals surface area (Å²) in [6.07, 6.45) is -4.03. The minimum absolute atomic E-state index is 0.00569. The molecule has 1 heterocycles. The van der Waals surface area contributed by atoms with Crippen LogP contribution in [-0.2, 0) is 11.2 Å². The van der Waals surface area contributed by atoms with Gasteiger partial charge in [0.25, 0.3) is 0 Å². The molecule has 0 aliphatic rings. The van der Waals surface area contributed by atoms with Gasteiger partial charge in [-0.3, -0.25) is 4.79 Å². The molecule has 0 unspecified atom stereocenters. The van der Waals surface area contributed by atoms with E-state index in [1.807, 2.05) is 31.2 Å². The van der Waals surface area contributed by atoms with Gasteiger partial charge in [0.05, 0.1) is 0 Å². The van der Waals surface area contributed by atoms with Crippen molar-refractivity contribution in [3.63, 3.8) is 0 Å². The fraction of sp³-hybridized carbons (Fsp3) is 0.176. The average Bonchev–Trinajstić information content (AvgIpc) is 2.97. The van der Waals surface area contributed by atoms with Crippen molar-refractivity contribution < 1.29 is 22.4 Å². The number of aryl methyl sites for hydroxylation is 1. The molecule has 3 rings (SSSR count). The zero-order valence-corrected chi connectivity index (χ0v) is 12.6. The Morgan fingerprint density at radius 2 is 1.88 bits per heavy atom. The molecule has 1 N–H and O–H groups in total. The maximum atomic E-state index is 12.3. The van der Waals surface area contributed by atoms with Crippen LogP contribution < -0.4 is 5.32 Å². The Hall–Kier alpha value is -2.83. The number of nitrogens with one attached hydrogen (secondary N) is 1. The van der Waals surface area contributed by atoms with Crippen LogP contribution in [0.1, 0.15) is 12.5 Å². The number of oxazole rings is 1. The summed E-state index contributed by atoms with van der Waals surface area (Å²) < 4.78 is 42.5. The fourth-order valence-electron chi connectivity index (χ4n) is 2.21. The van der Waals surface area contributed by atoms with Gasteiger partial charge in [-0.25, -0.2) is 4.98 Å². The van der Waals surface area contributed by atoms with E-state index >= 15 is 0 Å². The first-order valence-corrected chi connectivity index (χ1v) is 7.25. The normalized spacial score (nSPS) is 11.7. The van der Waals surface area contributed by atoms with E-state index in [1.54, 1.807) is 5.32 Å². The molecular formula is C17H13F3N2O2. The summed E-state index contributed by atoms with van der Waals surface area (Å²) in [7, 11) is 0. The number of fused-ring (bicyclic) bond motifs is 1. The lowest BCUT2D eigenvalue weighted by Crippen LogP contribution is -2.29. The molecule has 2 aromatic carbocycles. The minimum atomic E-state index is -4.94. The van der Waals surface area contributed by atoms with E-state index in [0.29, 0.717) is 17.0 Å². The molecule has 1 aromatic heterocycles. The standard InChI is InChI=1S/C17H13F3N2O2/c1-2-10-3-5-11(6-4-10)15-22-13-8-7-12(9-14(13)24-15)21-16(23)17(18,19)20/h3-9H,2H2,1H3,(H,21,23). The van der Waals surface area contributed by atoms with E-state index in [0.717, 1.165) is 12.0 Å². The molecule has 0 fully saturated rings. The predicted octanol–water partition coefficient (Wildman–Crippen LogP) is 4.56. The molecule has 3 aromatic rings. The molecule has 0 spiro atoms. The summed E-state index contributed by atoms with van der Waals surface area (Å²) in [6, 6.07) is 11.8. The molecule has 0 saturated carbocycles. The van der Waals surface area contributed by atoms with Crippen LogP contribution in [0.5, 0.6) is 0 Å². The molecule has 0 bridgehead atoms. The van der Waals surface area contributed by atoms with Crippen LogP contribution in [0, 0.1) is 0 Å². The molecule has 4 nitrogen and oxygen atoms in total. The zero-order valence-electron chi connectivity index (χ0n) is 12.6. The first-order valence-electron chi connectivity index (χ1n) is 7.25. The summed E-state index contributed by atoms with van der Waals surface area (Å²) in [4.78, 5) is 15.3. The van der Waals surface area contributed by atoms with Crippen molar-refractivity contribution in [1.82, 2.24) is 4.98 Å². The smallest absolute Gasteiger partial charge is 0.436 e. The van der Waals surface area contributed by atoms with Crippen molar-refractivity contribution in [2.24, 2.45) is 0 Å². The second-order valence-corrected chi connectivity index (χ2v) is 5.20. The molecule has 0 atom stereocenters. The van der Waals surface area contributed by atoms with Crippen molar-refractivity contribution in [3.05, 3.63) is 48.0 Å². The van der Waals surface area contributed by atoms with Crippen molar-refractivity contribution >= 4 is 22.7 Å². The zero-order chi connectivity index (χ0) is 17.3. The van der Waals surface area contributed by atoms with Gasteiger partial charge in [-0.1, -0.05) is 19.1 Å². The lowest BCUT2D eigenvalue weighted by atomic mass is 10.1. The quantitative estimate of drug-likeness (QED) is 0.764. The van der Waals surface area contributed by atoms with Gasteiger partial charge in [-0.2, -0.15) is 13.2 Å². The number of amides is 1. The number of nitrogens with zero attached hydrogens (tertiary/aromatic N) is 1. The number of benzene rings is 2. The number of carbonyl (C=O) groups is 1. The number of alkyl halides is 3. The summed E-state index contributed by atoms with van der Waals surface area (Å²) in [5.41, 5.74) is 2.73. The van der Waals surface area contributed by atoms with Crippen LogP contribution in [-0.4, -0.2) is 17.1 Å². The molecule has 0 saturated heterocycles. The molecule has 124 valence electrons. The van der Waals surface area contributed by atoms with Crippen molar-refractivity contribution in [3.8, 4) is 11.5 Å². The van der Waals surface area contributed by atoms with Gasteiger partial charge < -0.3 is 9.73 Å². The monoisotopic (exact) mass is 334 g/mol.